The molecule has 0 saturated heterocycles. The molecule has 10 nitrogen and oxygen atoms in total. The van der Waals surface area contributed by atoms with Crippen LogP contribution in [-0.2, 0) is 32.0 Å². The van der Waals surface area contributed by atoms with Crippen LogP contribution >= 0.6 is 0 Å². The largest absolute Gasteiger partial charge is 0.481 e. The summed E-state index contributed by atoms with van der Waals surface area (Å²) in [6, 6.07) is 0. The van der Waals surface area contributed by atoms with Crippen LogP contribution in [0.4, 0.5) is 0 Å². The minimum atomic E-state index is -0.925. The third-order valence-corrected chi connectivity index (χ3v) is 8.50. The van der Waals surface area contributed by atoms with Crippen molar-refractivity contribution in [2.45, 2.75) is 66.2 Å². The van der Waals surface area contributed by atoms with Crippen molar-refractivity contribution < 1.29 is 29.4 Å². The molecule has 2 aliphatic heterocycles. The zero-order valence-corrected chi connectivity index (χ0v) is 25.7. The molecule has 0 unspecified atom stereocenters. The number of carboxylic acid groups (broad SMARTS) is 2. The number of carbonyl (C=O) groups is 4. The van der Waals surface area contributed by atoms with Crippen LogP contribution in [0.5, 0.6) is 0 Å². The fraction of sp³-hybridized carbons (Fsp3) is 0.294. The van der Waals surface area contributed by atoms with Gasteiger partial charge in [-0.1, -0.05) is 32.2 Å². The maximum absolute atomic E-state index is 12.3. The second-order valence-electron chi connectivity index (χ2n) is 11.1. The van der Waals surface area contributed by atoms with E-state index in [-0.39, 0.29) is 43.4 Å². The van der Waals surface area contributed by atoms with E-state index in [1.807, 2.05) is 32.9 Å². The zero-order chi connectivity index (χ0) is 32.5. The number of H-pyrrole nitrogens is 2. The van der Waals surface area contributed by atoms with Gasteiger partial charge >= 0.3 is 11.9 Å². The first kappa shape index (κ1) is 31.8. The Bertz CT molecular complexity index is 1610. The normalized spacial score (nSPS) is 16.9. The van der Waals surface area contributed by atoms with Crippen molar-refractivity contribution in [1.29, 1.82) is 0 Å². The molecule has 0 spiro atoms. The molecule has 0 atom stereocenters. The second kappa shape index (κ2) is 12.6. The summed E-state index contributed by atoms with van der Waals surface area (Å²) in [5.41, 5.74) is 10.1. The highest BCUT2D eigenvalue weighted by atomic mass is 16.4. The van der Waals surface area contributed by atoms with Crippen LogP contribution in [0.1, 0.15) is 84.6 Å². The van der Waals surface area contributed by atoms with Gasteiger partial charge in [0, 0.05) is 63.8 Å². The van der Waals surface area contributed by atoms with Gasteiger partial charge in [-0.2, -0.15) is 0 Å². The third-order valence-electron chi connectivity index (χ3n) is 8.50. The summed E-state index contributed by atoms with van der Waals surface area (Å²) < 4.78 is 0. The molecule has 2 aromatic rings. The number of aromatic amines is 2. The number of aromatic nitrogens is 2. The van der Waals surface area contributed by atoms with E-state index in [9.17, 15) is 29.4 Å². The van der Waals surface area contributed by atoms with Crippen LogP contribution in [0.2, 0.25) is 0 Å². The van der Waals surface area contributed by atoms with Gasteiger partial charge in [0.05, 0.1) is 11.4 Å². The van der Waals surface area contributed by atoms with Gasteiger partial charge in [0.15, 0.2) is 0 Å². The maximum Gasteiger partial charge on any atom is 0.303 e. The number of carboxylic acids is 2. The number of hydrogen-bond donors (Lipinski definition) is 6. The number of hydrogen-bond acceptors (Lipinski definition) is 4. The predicted molar refractivity (Wildman–Crippen MR) is 169 cm³/mol. The lowest BCUT2D eigenvalue weighted by Crippen LogP contribution is -2.15. The van der Waals surface area contributed by atoms with Crippen LogP contribution in [-0.4, -0.2) is 43.9 Å². The van der Waals surface area contributed by atoms with Gasteiger partial charge in [0.25, 0.3) is 11.8 Å². The Hall–Kier alpha value is -5.12. The molecule has 2 amide bonds. The molecule has 2 aliphatic rings. The molecule has 0 fully saturated rings. The molecular formula is C34H38N4O6. The minimum Gasteiger partial charge on any atom is -0.481 e. The molecule has 0 aliphatic carbocycles. The number of rotatable bonds is 12. The molecule has 6 N–H and O–H groups in total. The van der Waals surface area contributed by atoms with Crippen molar-refractivity contribution in [3.63, 3.8) is 0 Å². The topological polar surface area (TPSA) is 164 Å². The SMILES string of the molecule is C=CC1=C(C)C(=O)N/C1=C\c1[nH]c(C(C)c2[nH]c(/C=C3\NC(=O)C(C)=C3C=C)c(C)c2CCC(=O)O)c(CCC(=O)O)c1C. The molecular weight excluding hydrogens is 560 g/mol. The van der Waals surface area contributed by atoms with E-state index >= 15 is 0 Å². The highest BCUT2D eigenvalue weighted by Gasteiger charge is 2.28. The lowest BCUT2D eigenvalue weighted by atomic mass is 9.91. The Balaban J connectivity index is 1.86. The van der Waals surface area contributed by atoms with Crippen molar-refractivity contribution in [1.82, 2.24) is 20.6 Å². The van der Waals surface area contributed by atoms with Crippen molar-refractivity contribution in [2.24, 2.45) is 0 Å². The van der Waals surface area contributed by atoms with Gasteiger partial charge in [-0.25, -0.2) is 0 Å². The van der Waals surface area contributed by atoms with E-state index in [1.54, 1.807) is 26.0 Å². The Morgan fingerprint density at radius 2 is 1.09 bits per heavy atom. The Morgan fingerprint density at radius 3 is 1.41 bits per heavy atom. The van der Waals surface area contributed by atoms with E-state index in [0.717, 1.165) is 45.0 Å². The lowest BCUT2D eigenvalue weighted by Gasteiger charge is -2.15. The van der Waals surface area contributed by atoms with Crippen LogP contribution in [0, 0.1) is 13.8 Å². The highest BCUT2D eigenvalue weighted by Crippen LogP contribution is 2.37. The van der Waals surface area contributed by atoms with Crippen LogP contribution in [0.25, 0.3) is 12.2 Å². The summed E-state index contributed by atoms with van der Waals surface area (Å²) in [6.45, 7) is 16.9. The van der Waals surface area contributed by atoms with Crippen molar-refractivity contribution in [3.05, 3.63) is 104 Å². The average Bonchev–Trinajstić information content (AvgIpc) is 3.63. The summed E-state index contributed by atoms with van der Waals surface area (Å²) in [5, 5.41) is 24.7. The predicted octanol–water partition coefficient (Wildman–Crippen LogP) is 5.09. The van der Waals surface area contributed by atoms with E-state index < -0.39 is 11.9 Å². The average molecular weight is 599 g/mol. The summed E-state index contributed by atoms with van der Waals surface area (Å²) in [4.78, 5) is 54.8. The zero-order valence-electron chi connectivity index (χ0n) is 25.7. The first-order valence-corrected chi connectivity index (χ1v) is 14.4. The molecule has 0 radical (unpaired) electrons. The van der Waals surface area contributed by atoms with Gasteiger partial charge in [0.2, 0.25) is 0 Å². The molecule has 230 valence electrons. The van der Waals surface area contributed by atoms with E-state index in [1.165, 1.54) is 0 Å². The smallest absolute Gasteiger partial charge is 0.303 e. The van der Waals surface area contributed by atoms with Gasteiger partial charge < -0.3 is 30.8 Å². The molecule has 2 aromatic heterocycles. The molecule has 44 heavy (non-hydrogen) atoms. The summed E-state index contributed by atoms with van der Waals surface area (Å²) in [5.74, 6) is -2.57. The Labute approximate surface area is 256 Å². The van der Waals surface area contributed by atoms with Crippen LogP contribution in [0.3, 0.4) is 0 Å². The number of nitrogens with one attached hydrogen (secondary N) is 4. The van der Waals surface area contributed by atoms with Gasteiger partial charge in [0.1, 0.15) is 0 Å². The van der Waals surface area contributed by atoms with E-state index in [2.05, 4.69) is 33.8 Å². The summed E-state index contributed by atoms with van der Waals surface area (Å²) in [6.07, 6.45) is 7.30. The Kier molecular flexibility index (Phi) is 9.13. The molecule has 0 bridgehead atoms. The van der Waals surface area contributed by atoms with E-state index in [0.29, 0.717) is 33.7 Å². The van der Waals surface area contributed by atoms with Crippen LogP contribution in [0.15, 0.2) is 59.0 Å². The fourth-order valence-electron chi connectivity index (χ4n) is 5.90. The van der Waals surface area contributed by atoms with Gasteiger partial charge in [-0.15, -0.1) is 0 Å². The standard InChI is InChI=1S/C34H38N4O6/c1-8-21-18(5)33(43)37-27(21)14-25-16(3)23(10-12-29(39)40)31(35-25)20(7)32-24(11-13-30(41)42)17(4)26(36-32)15-28-22(9-2)19(6)34(44)38-28/h8-9,14-15,20,35-36H,1-2,10-13H2,3-7H3,(H,37,43)(H,38,44)(H,39,40)(H,41,42)/b27-14-,28-15-. The summed E-state index contributed by atoms with van der Waals surface area (Å²) in [7, 11) is 0. The molecule has 10 heteroatoms. The first-order chi connectivity index (χ1) is 20.8. The highest BCUT2D eigenvalue weighted by molar-refractivity contribution is 6.02. The molecule has 4 heterocycles. The van der Waals surface area contributed by atoms with Crippen molar-refractivity contribution in [3.8, 4) is 0 Å². The molecule has 4 rings (SSSR count). The van der Waals surface area contributed by atoms with E-state index in [4.69, 9.17) is 0 Å². The van der Waals surface area contributed by atoms with Gasteiger partial charge in [-0.05, 0) is 74.9 Å². The number of amides is 2. The minimum absolute atomic E-state index is 0.0786. The fourth-order valence-corrected chi connectivity index (χ4v) is 5.90. The monoisotopic (exact) mass is 598 g/mol. The van der Waals surface area contributed by atoms with Gasteiger partial charge in [-0.3, -0.25) is 19.2 Å². The lowest BCUT2D eigenvalue weighted by molar-refractivity contribution is -0.138. The molecule has 0 saturated carbocycles. The number of carbonyl (C=O) groups excluding carboxylic acids is 2. The third kappa shape index (κ3) is 6.01. The maximum atomic E-state index is 12.3. The molecule has 0 aromatic carbocycles. The second-order valence-corrected chi connectivity index (χ2v) is 11.1. The number of allylic oxidation sites excluding steroid dienone is 2. The van der Waals surface area contributed by atoms with Crippen molar-refractivity contribution in [2.75, 3.05) is 0 Å². The Morgan fingerprint density at radius 1 is 0.727 bits per heavy atom. The van der Waals surface area contributed by atoms with Crippen molar-refractivity contribution >= 4 is 35.9 Å². The first-order valence-electron chi connectivity index (χ1n) is 14.4. The summed E-state index contributed by atoms with van der Waals surface area (Å²) >= 11 is 0. The quantitative estimate of drug-likeness (QED) is 0.199. The number of aliphatic carboxylic acids is 2. The van der Waals surface area contributed by atoms with Crippen LogP contribution < -0.4 is 10.6 Å².